The molecule has 6 nitrogen and oxygen atoms in total. The third-order valence-electron chi connectivity index (χ3n) is 4.90. The number of carbonyl (C=O) groups is 1. The van der Waals surface area contributed by atoms with Crippen molar-refractivity contribution in [2.24, 2.45) is 5.92 Å². The van der Waals surface area contributed by atoms with Gasteiger partial charge in [-0.2, -0.15) is 5.10 Å². The lowest BCUT2D eigenvalue weighted by Gasteiger charge is -2.21. The number of thiazole rings is 1. The number of aryl methyl sites for hydroxylation is 1. The van der Waals surface area contributed by atoms with E-state index in [9.17, 15) is 4.79 Å². The first kappa shape index (κ1) is 14.8. The number of rotatable bonds is 3. The molecule has 0 radical (unpaired) electrons. The molecular weight excluding hydrogens is 310 g/mol. The first-order chi connectivity index (χ1) is 11.3. The van der Waals surface area contributed by atoms with Gasteiger partial charge >= 0.3 is 0 Å². The number of hydrogen-bond acceptors (Lipinski definition) is 5. The van der Waals surface area contributed by atoms with E-state index in [0.29, 0.717) is 5.92 Å². The summed E-state index contributed by atoms with van der Waals surface area (Å²) in [6, 6.07) is 0. The van der Waals surface area contributed by atoms with E-state index in [-0.39, 0.29) is 11.8 Å². The lowest BCUT2D eigenvalue weighted by molar-refractivity contribution is -0.120. The van der Waals surface area contributed by atoms with Crippen LogP contribution >= 0.6 is 11.3 Å². The number of nitrogens with zero attached hydrogens (tertiary/aromatic N) is 2. The SMILES string of the molecule is O=C(Nc1nc(C2CCNCC2)cs1)C1CCc2cn[nH]c2C1. The van der Waals surface area contributed by atoms with Gasteiger partial charge in [-0.05, 0) is 44.3 Å². The molecule has 122 valence electrons. The van der Waals surface area contributed by atoms with Crippen LogP contribution < -0.4 is 10.6 Å². The summed E-state index contributed by atoms with van der Waals surface area (Å²) in [6.07, 6.45) is 6.67. The molecule has 2 aromatic heterocycles. The molecule has 1 saturated heterocycles. The molecule has 1 fully saturated rings. The highest BCUT2D eigenvalue weighted by molar-refractivity contribution is 7.13. The molecular formula is C16H21N5OS. The van der Waals surface area contributed by atoms with E-state index in [0.717, 1.165) is 61.7 Å². The van der Waals surface area contributed by atoms with E-state index in [1.165, 1.54) is 16.9 Å². The fraction of sp³-hybridized carbons (Fsp3) is 0.562. The van der Waals surface area contributed by atoms with E-state index < -0.39 is 0 Å². The van der Waals surface area contributed by atoms with Crippen molar-refractivity contribution in [2.45, 2.75) is 38.0 Å². The summed E-state index contributed by atoms with van der Waals surface area (Å²) in [5.41, 5.74) is 3.48. The van der Waals surface area contributed by atoms with E-state index in [1.54, 1.807) is 0 Å². The average Bonchev–Trinajstić information content (AvgIpc) is 3.24. The number of aromatic nitrogens is 3. The predicted octanol–water partition coefficient (Wildman–Crippen LogP) is 2.08. The van der Waals surface area contributed by atoms with Gasteiger partial charge in [-0.25, -0.2) is 4.98 Å². The Bertz CT molecular complexity index is 688. The third-order valence-corrected chi connectivity index (χ3v) is 5.68. The molecule has 2 aliphatic rings. The van der Waals surface area contributed by atoms with Gasteiger partial charge < -0.3 is 10.6 Å². The zero-order valence-corrected chi connectivity index (χ0v) is 13.8. The Hall–Kier alpha value is -1.73. The second-order valence-electron chi connectivity index (χ2n) is 6.40. The van der Waals surface area contributed by atoms with Crippen LogP contribution in [-0.4, -0.2) is 34.2 Å². The molecule has 3 N–H and O–H groups in total. The Kier molecular flexibility index (Phi) is 4.13. The molecule has 0 bridgehead atoms. The zero-order chi connectivity index (χ0) is 15.6. The molecule has 1 amide bonds. The van der Waals surface area contributed by atoms with Crippen LogP contribution in [0.3, 0.4) is 0 Å². The van der Waals surface area contributed by atoms with Crippen molar-refractivity contribution in [1.29, 1.82) is 0 Å². The van der Waals surface area contributed by atoms with Crippen molar-refractivity contribution in [1.82, 2.24) is 20.5 Å². The number of aromatic amines is 1. The van der Waals surface area contributed by atoms with Gasteiger partial charge in [0, 0.05) is 29.3 Å². The van der Waals surface area contributed by atoms with E-state index in [4.69, 9.17) is 0 Å². The summed E-state index contributed by atoms with van der Waals surface area (Å²) in [5.74, 6) is 0.617. The van der Waals surface area contributed by atoms with Gasteiger partial charge in [0.25, 0.3) is 0 Å². The quantitative estimate of drug-likeness (QED) is 0.804. The lowest BCUT2D eigenvalue weighted by atomic mass is 9.87. The largest absolute Gasteiger partial charge is 0.317 e. The number of piperidine rings is 1. The fourth-order valence-corrected chi connectivity index (χ4v) is 4.28. The maximum atomic E-state index is 12.5. The van der Waals surface area contributed by atoms with Gasteiger partial charge in [0.15, 0.2) is 5.13 Å². The molecule has 1 aliphatic heterocycles. The zero-order valence-electron chi connectivity index (χ0n) is 13.0. The first-order valence-electron chi connectivity index (χ1n) is 8.27. The molecule has 4 rings (SSSR count). The highest BCUT2D eigenvalue weighted by atomic mass is 32.1. The van der Waals surface area contributed by atoms with Crippen LogP contribution in [0.2, 0.25) is 0 Å². The summed E-state index contributed by atoms with van der Waals surface area (Å²) >= 11 is 1.54. The monoisotopic (exact) mass is 331 g/mol. The van der Waals surface area contributed by atoms with Crippen molar-refractivity contribution in [3.8, 4) is 0 Å². The number of amides is 1. The number of hydrogen-bond donors (Lipinski definition) is 3. The van der Waals surface area contributed by atoms with E-state index in [2.05, 4.69) is 31.2 Å². The Morgan fingerprint density at radius 1 is 1.30 bits per heavy atom. The van der Waals surface area contributed by atoms with Crippen molar-refractivity contribution in [3.63, 3.8) is 0 Å². The number of anilines is 1. The molecule has 1 unspecified atom stereocenters. The van der Waals surface area contributed by atoms with Gasteiger partial charge in [-0.15, -0.1) is 11.3 Å². The predicted molar refractivity (Wildman–Crippen MR) is 89.7 cm³/mol. The van der Waals surface area contributed by atoms with Crippen molar-refractivity contribution in [2.75, 3.05) is 18.4 Å². The van der Waals surface area contributed by atoms with E-state index >= 15 is 0 Å². The van der Waals surface area contributed by atoms with Gasteiger partial charge in [0.05, 0.1) is 11.9 Å². The first-order valence-corrected chi connectivity index (χ1v) is 9.15. The topological polar surface area (TPSA) is 82.7 Å². The van der Waals surface area contributed by atoms with Gasteiger partial charge in [-0.1, -0.05) is 0 Å². The Morgan fingerprint density at radius 2 is 2.17 bits per heavy atom. The number of carbonyl (C=O) groups excluding carboxylic acids is 1. The maximum absolute atomic E-state index is 12.5. The van der Waals surface area contributed by atoms with Crippen molar-refractivity contribution < 1.29 is 4.79 Å². The maximum Gasteiger partial charge on any atom is 0.229 e. The molecule has 0 spiro atoms. The Labute approximate surface area is 139 Å². The number of fused-ring (bicyclic) bond motifs is 1. The summed E-state index contributed by atoms with van der Waals surface area (Å²) in [6.45, 7) is 2.11. The molecule has 7 heteroatoms. The van der Waals surface area contributed by atoms with Gasteiger partial charge in [0.1, 0.15) is 0 Å². The normalized spacial score (nSPS) is 21.8. The molecule has 3 heterocycles. The molecule has 0 saturated carbocycles. The van der Waals surface area contributed by atoms with Crippen molar-refractivity contribution >= 4 is 22.4 Å². The van der Waals surface area contributed by atoms with Crippen LogP contribution in [0.5, 0.6) is 0 Å². The lowest BCUT2D eigenvalue weighted by Crippen LogP contribution is -2.28. The minimum absolute atomic E-state index is 0.00850. The average molecular weight is 331 g/mol. The van der Waals surface area contributed by atoms with Crippen LogP contribution in [0, 0.1) is 5.92 Å². The van der Waals surface area contributed by atoms with Gasteiger partial charge in [-0.3, -0.25) is 9.89 Å². The van der Waals surface area contributed by atoms with Gasteiger partial charge in [0.2, 0.25) is 5.91 Å². The summed E-state index contributed by atoms with van der Waals surface area (Å²) in [4.78, 5) is 17.1. The van der Waals surface area contributed by atoms with Crippen LogP contribution in [0.15, 0.2) is 11.6 Å². The molecule has 23 heavy (non-hydrogen) atoms. The molecule has 1 atom stereocenters. The highest BCUT2D eigenvalue weighted by Crippen LogP contribution is 2.29. The van der Waals surface area contributed by atoms with Crippen LogP contribution in [-0.2, 0) is 17.6 Å². The molecule has 2 aromatic rings. The fourth-order valence-electron chi connectivity index (χ4n) is 3.49. The van der Waals surface area contributed by atoms with Crippen LogP contribution in [0.1, 0.15) is 42.1 Å². The summed E-state index contributed by atoms with van der Waals surface area (Å²) < 4.78 is 0. The van der Waals surface area contributed by atoms with Crippen LogP contribution in [0.25, 0.3) is 0 Å². The minimum atomic E-state index is 0.00850. The summed E-state index contributed by atoms with van der Waals surface area (Å²) in [7, 11) is 0. The van der Waals surface area contributed by atoms with Crippen LogP contribution in [0.4, 0.5) is 5.13 Å². The Balaban J connectivity index is 1.38. The standard InChI is InChI=1S/C16H21N5OS/c22-15(11-1-2-12-8-18-21-13(12)7-11)20-16-19-14(9-23-16)10-3-5-17-6-4-10/h8-11,17H,1-7H2,(H,18,21)(H,19,20,22). The molecule has 1 aliphatic carbocycles. The molecule has 0 aromatic carbocycles. The Morgan fingerprint density at radius 3 is 3.04 bits per heavy atom. The second kappa shape index (κ2) is 6.41. The number of H-pyrrole nitrogens is 1. The van der Waals surface area contributed by atoms with E-state index in [1.807, 2.05) is 6.20 Å². The minimum Gasteiger partial charge on any atom is -0.317 e. The number of nitrogens with one attached hydrogen (secondary N) is 3. The summed E-state index contributed by atoms with van der Waals surface area (Å²) in [5, 5.41) is 16.3. The third kappa shape index (κ3) is 3.16. The second-order valence-corrected chi connectivity index (χ2v) is 7.26. The van der Waals surface area contributed by atoms with Crippen molar-refractivity contribution in [3.05, 3.63) is 28.5 Å². The smallest absolute Gasteiger partial charge is 0.229 e. The highest BCUT2D eigenvalue weighted by Gasteiger charge is 2.27.